The van der Waals surface area contributed by atoms with Gasteiger partial charge in [-0.2, -0.15) is 0 Å². The molecule has 0 radical (unpaired) electrons. The molecule has 1 N–H and O–H groups in total. The van der Waals surface area contributed by atoms with E-state index in [1.807, 2.05) is 28.8 Å². The first-order valence-electron chi connectivity index (χ1n) is 6.53. The van der Waals surface area contributed by atoms with Crippen LogP contribution in [0, 0.1) is 0 Å². The number of hydrogen-bond donors (Lipinski definition) is 1. The second kappa shape index (κ2) is 6.19. The maximum Gasteiger partial charge on any atom is 0.271 e. The average Bonchev–Trinajstić information content (AvgIpc) is 2.82. The Hall–Kier alpha value is -1.84. The third kappa shape index (κ3) is 3.09. The second-order valence-electron chi connectivity index (χ2n) is 4.41. The number of hydrogen-bond acceptors (Lipinski definition) is 2. The van der Waals surface area contributed by atoms with Crippen molar-refractivity contribution in [1.82, 2.24) is 14.7 Å². The van der Waals surface area contributed by atoms with Crippen LogP contribution >= 0.6 is 0 Å². The lowest BCUT2D eigenvalue weighted by Gasteiger charge is -2.01. The number of amides is 1. The van der Waals surface area contributed by atoms with Crippen LogP contribution in [0.1, 0.15) is 43.1 Å². The summed E-state index contributed by atoms with van der Waals surface area (Å²) in [6.07, 6.45) is 8.29. The highest BCUT2D eigenvalue weighted by atomic mass is 16.1. The molecule has 0 aromatic carbocycles. The largest absolute Gasteiger partial charge is 0.351 e. The molecule has 0 aliphatic heterocycles. The van der Waals surface area contributed by atoms with Crippen LogP contribution in [-0.2, 0) is 0 Å². The van der Waals surface area contributed by atoms with E-state index in [0.29, 0.717) is 5.69 Å². The Balaban J connectivity index is 1.88. The highest BCUT2D eigenvalue weighted by Gasteiger charge is 2.09. The molecule has 0 fully saturated rings. The van der Waals surface area contributed by atoms with Crippen molar-refractivity contribution in [3.63, 3.8) is 0 Å². The van der Waals surface area contributed by atoms with Gasteiger partial charge in [0.25, 0.3) is 5.91 Å². The van der Waals surface area contributed by atoms with E-state index in [2.05, 4.69) is 17.2 Å². The third-order valence-electron chi connectivity index (χ3n) is 2.91. The Kier molecular flexibility index (Phi) is 4.34. The van der Waals surface area contributed by atoms with Gasteiger partial charge < -0.3 is 9.72 Å². The zero-order chi connectivity index (χ0) is 12.8. The Morgan fingerprint density at radius 1 is 1.33 bits per heavy atom. The van der Waals surface area contributed by atoms with Gasteiger partial charge in [0.15, 0.2) is 0 Å². The van der Waals surface area contributed by atoms with Crippen LogP contribution < -0.4 is 5.32 Å². The predicted octanol–water partition coefficient (Wildman–Crippen LogP) is 2.64. The summed E-state index contributed by atoms with van der Waals surface area (Å²) in [5.41, 5.74) is 1.28. The molecule has 0 saturated heterocycles. The number of fused-ring (bicyclic) bond motifs is 1. The van der Waals surface area contributed by atoms with Crippen LogP contribution in [0.4, 0.5) is 0 Å². The summed E-state index contributed by atoms with van der Waals surface area (Å²) < 4.78 is 1.85. The summed E-state index contributed by atoms with van der Waals surface area (Å²) in [6, 6.07) is 5.72. The van der Waals surface area contributed by atoms with Gasteiger partial charge >= 0.3 is 0 Å². The number of carbonyl (C=O) groups excluding carboxylic acids is 1. The molecule has 4 heteroatoms. The molecular weight excluding hydrogens is 226 g/mol. The first-order valence-corrected chi connectivity index (χ1v) is 6.53. The summed E-state index contributed by atoms with van der Waals surface area (Å²) in [4.78, 5) is 16.1. The molecule has 4 nitrogen and oxygen atoms in total. The standard InChI is InChI=1S/C14H19N3O/c1-2-3-4-6-9-15-14(18)12-11-17-10-7-5-8-13(17)16-12/h5,7-8,10-11H,2-4,6,9H2,1H3,(H,15,18). The van der Waals surface area contributed by atoms with Crippen molar-refractivity contribution in [2.75, 3.05) is 6.54 Å². The van der Waals surface area contributed by atoms with Gasteiger partial charge in [-0.1, -0.05) is 32.3 Å². The summed E-state index contributed by atoms with van der Waals surface area (Å²) in [6.45, 7) is 2.90. The molecular formula is C14H19N3O. The molecule has 0 atom stereocenters. The van der Waals surface area contributed by atoms with Crippen LogP contribution in [0.25, 0.3) is 5.65 Å². The van der Waals surface area contributed by atoms with Gasteiger partial charge in [0.05, 0.1) is 0 Å². The van der Waals surface area contributed by atoms with E-state index in [4.69, 9.17) is 0 Å². The van der Waals surface area contributed by atoms with Crippen molar-refractivity contribution < 1.29 is 4.79 Å². The summed E-state index contributed by atoms with van der Waals surface area (Å²) in [7, 11) is 0. The average molecular weight is 245 g/mol. The van der Waals surface area contributed by atoms with Gasteiger partial charge in [-0.3, -0.25) is 4.79 Å². The van der Waals surface area contributed by atoms with E-state index in [0.717, 1.165) is 18.6 Å². The van der Waals surface area contributed by atoms with E-state index in [9.17, 15) is 4.79 Å². The number of imidazole rings is 1. The molecule has 2 rings (SSSR count). The van der Waals surface area contributed by atoms with E-state index in [1.54, 1.807) is 6.20 Å². The van der Waals surface area contributed by atoms with Crippen molar-refractivity contribution in [1.29, 1.82) is 0 Å². The van der Waals surface area contributed by atoms with Crippen LogP contribution in [0.5, 0.6) is 0 Å². The molecule has 96 valence electrons. The molecule has 2 aromatic rings. The summed E-state index contributed by atoms with van der Waals surface area (Å²) >= 11 is 0. The number of nitrogens with one attached hydrogen (secondary N) is 1. The Labute approximate surface area is 107 Å². The highest BCUT2D eigenvalue weighted by molar-refractivity contribution is 5.92. The molecule has 0 aliphatic carbocycles. The zero-order valence-corrected chi connectivity index (χ0v) is 10.7. The lowest BCUT2D eigenvalue weighted by atomic mass is 10.2. The first kappa shape index (κ1) is 12.6. The Morgan fingerprint density at radius 3 is 3.00 bits per heavy atom. The number of nitrogens with zero attached hydrogens (tertiary/aromatic N) is 2. The SMILES string of the molecule is CCCCCCNC(=O)c1cn2ccccc2n1. The number of carbonyl (C=O) groups is 1. The lowest BCUT2D eigenvalue weighted by molar-refractivity contribution is 0.0948. The molecule has 18 heavy (non-hydrogen) atoms. The number of pyridine rings is 1. The van der Waals surface area contributed by atoms with Crippen LogP contribution in [-0.4, -0.2) is 21.8 Å². The van der Waals surface area contributed by atoms with E-state index in [1.165, 1.54) is 19.3 Å². The van der Waals surface area contributed by atoms with Gasteiger partial charge in [-0.15, -0.1) is 0 Å². The third-order valence-corrected chi connectivity index (χ3v) is 2.91. The van der Waals surface area contributed by atoms with E-state index >= 15 is 0 Å². The molecule has 0 unspecified atom stereocenters. The Morgan fingerprint density at radius 2 is 2.22 bits per heavy atom. The fourth-order valence-electron chi connectivity index (χ4n) is 1.89. The highest BCUT2D eigenvalue weighted by Crippen LogP contribution is 2.04. The fourth-order valence-corrected chi connectivity index (χ4v) is 1.89. The fraction of sp³-hybridized carbons (Fsp3) is 0.429. The molecule has 0 aliphatic rings. The van der Waals surface area contributed by atoms with Gasteiger partial charge in [0.2, 0.25) is 0 Å². The van der Waals surface area contributed by atoms with E-state index in [-0.39, 0.29) is 5.91 Å². The number of aromatic nitrogens is 2. The van der Waals surface area contributed by atoms with Crippen molar-refractivity contribution >= 4 is 11.6 Å². The molecule has 2 aromatic heterocycles. The molecule has 2 heterocycles. The number of rotatable bonds is 6. The maximum atomic E-state index is 11.9. The second-order valence-corrected chi connectivity index (χ2v) is 4.41. The minimum Gasteiger partial charge on any atom is -0.351 e. The van der Waals surface area contributed by atoms with Gasteiger partial charge in [0.1, 0.15) is 11.3 Å². The minimum atomic E-state index is -0.0878. The summed E-state index contributed by atoms with van der Waals surface area (Å²) in [5, 5.41) is 2.90. The predicted molar refractivity (Wildman–Crippen MR) is 71.7 cm³/mol. The van der Waals surface area contributed by atoms with Gasteiger partial charge in [-0.25, -0.2) is 4.98 Å². The lowest BCUT2D eigenvalue weighted by Crippen LogP contribution is -2.24. The molecule has 1 amide bonds. The van der Waals surface area contributed by atoms with Crippen molar-refractivity contribution in [2.45, 2.75) is 32.6 Å². The smallest absolute Gasteiger partial charge is 0.271 e. The minimum absolute atomic E-state index is 0.0878. The van der Waals surface area contributed by atoms with Crippen LogP contribution in [0.3, 0.4) is 0 Å². The van der Waals surface area contributed by atoms with E-state index < -0.39 is 0 Å². The van der Waals surface area contributed by atoms with Crippen LogP contribution in [0.2, 0.25) is 0 Å². The monoisotopic (exact) mass is 245 g/mol. The first-order chi connectivity index (χ1) is 8.81. The maximum absolute atomic E-state index is 11.9. The molecule has 0 bridgehead atoms. The molecule has 0 saturated carbocycles. The normalized spacial score (nSPS) is 10.7. The Bertz CT molecular complexity index is 485. The topological polar surface area (TPSA) is 46.4 Å². The summed E-state index contributed by atoms with van der Waals surface area (Å²) in [5.74, 6) is -0.0878. The van der Waals surface area contributed by atoms with Crippen molar-refractivity contribution in [3.05, 3.63) is 36.3 Å². The van der Waals surface area contributed by atoms with Gasteiger partial charge in [-0.05, 0) is 18.6 Å². The van der Waals surface area contributed by atoms with Crippen LogP contribution in [0.15, 0.2) is 30.6 Å². The van der Waals surface area contributed by atoms with Gasteiger partial charge in [0, 0.05) is 18.9 Å². The van der Waals surface area contributed by atoms with Crippen molar-refractivity contribution in [2.24, 2.45) is 0 Å². The number of unbranched alkanes of at least 4 members (excludes halogenated alkanes) is 3. The van der Waals surface area contributed by atoms with Crippen molar-refractivity contribution in [3.8, 4) is 0 Å². The quantitative estimate of drug-likeness (QED) is 0.795. The zero-order valence-electron chi connectivity index (χ0n) is 10.7. The molecule has 0 spiro atoms.